The lowest BCUT2D eigenvalue weighted by atomic mass is 10.0. The van der Waals surface area contributed by atoms with Gasteiger partial charge in [0.1, 0.15) is 0 Å². The largest absolute Gasteiger partial charge is 0.351 e. The zero-order chi connectivity index (χ0) is 15.3. The molecule has 0 aromatic heterocycles. The predicted molar refractivity (Wildman–Crippen MR) is 86.6 cm³/mol. The summed E-state index contributed by atoms with van der Waals surface area (Å²) in [6.45, 7) is 2.75. The van der Waals surface area contributed by atoms with Crippen molar-refractivity contribution >= 4 is 29.3 Å². The Morgan fingerprint density at radius 1 is 1.38 bits per heavy atom. The molecule has 0 spiro atoms. The fraction of sp³-hybridized carbons (Fsp3) is 0.467. The van der Waals surface area contributed by atoms with Gasteiger partial charge in [0.05, 0.1) is 16.0 Å². The highest BCUT2D eigenvalue weighted by Gasteiger charge is 2.37. The lowest BCUT2D eigenvalue weighted by molar-refractivity contribution is -0.118. The van der Waals surface area contributed by atoms with Crippen LogP contribution in [-0.2, 0) is 4.79 Å². The first-order valence-electron chi connectivity index (χ1n) is 7.09. The molecule has 0 aliphatic carbocycles. The number of para-hydroxylation sites is 1. The number of rotatable bonds is 5. The van der Waals surface area contributed by atoms with E-state index in [0.717, 1.165) is 18.6 Å². The molecule has 2 amide bonds. The van der Waals surface area contributed by atoms with Crippen molar-refractivity contribution < 1.29 is 9.59 Å². The van der Waals surface area contributed by atoms with Gasteiger partial charge in [-0.2, -0.15) is 0 Å². The molecule has 1 fully saturated rings. The van der Waals surface area contributed by atoms with Crippen molar-refractivity contribution in [1.82, 2.24) is 5.32 Å². The van der Waals surface area contributed by atoms with E-state index in [4.69, 9.17) is 5.73 Å². The van der Waals surface area contributed by atoms with Crippen molar-refractivity contribution in [2.45, 2.75) is 24.5 Å². The Hall–Kier alpha value is -1.53. The van der Waals surface area contributed by atoms with Crippen LogP contribution in [0, 0.1) is 0 Å². The van der Waals surface area contributed by atoms with Gasteiger partial charge in [0.25, 0.3) is 5.91 Å². The number of hydrogen-bond acceptors (Lipinski definition) is 4. The Labute approximate surface area is 129 Å². The Kier molecular flexibility index (Phi) is 5.25. The van der Waals surface area contributed by atoms with Crippen LogP contribution in [0.5, 0.6) is 0 Å². The van der Waals surface area contributed by atoms with Crippen LogP contribution in [0.4, 0.5) is 5.69 Å². The van der Waals surface area contributed by atoms with Gasteiger partial charge >= 0.3 is 0 Å². The molecule has 4 N–H and O–H groups in total. The minimum atomic E-state index is -0.402. The Morgan fingerprint density at radius 3 is 2.81 bits per heavy atom. The van der Waals surface area contributed by atoms with E-state index in [0.29, 0.717) is 24.3 Å². The monoisotopic (exact) mass is 307 g/mol. The first kappa shape index (κ1) is 15.9. The number of hydrogen-bond donors (Lipinski definition) is 3. The molecule has 0 bridgehead atoms. The topological polar surface area (TPSA) is 84.2 Å². The van der Waals surface area contributed by atoms with E-state index in [1.54, 1.807) is 36.0 Å². The zero-order valence-corrected chi connectivity index (χ0v) is 13.0. The molecule has 1 atom stereocenters. The minimum Gasteiger partial charge on any atom is -0.351 e. The molecule has 1 heterocycles. The maximum Gasteiger partial charge on any atom is 0.253 e. The molecule has 6 heteroatoms. The van der Waals surface area contributed by atoms with Crippen LogP contribution in [0.25, 0.3) is 0 Å². The summed E-state index contributed by atoms with van der Waals surface area (Å²) in [5.41, 5.74) is 6.40. The van der Waals surface area contributed by atoms with Crippen molar-refractivity contribution in [3.63, 3.8) is 0 Å². The summed E-state index contributed by atoms with van der Waals surface area (Å²) < 4.78 is -0.402. The van der Waals surface area contributed by atoms with E-state index in [2.05, 4.69) is 10.6 Å². The number of nitrogens with one attached hydrogen (secondary N) is 2. The molecule has 0 radical (unpaired) electrons. The van der Waals surface area contributed by atoms with Gasteiger partial charge < -0.3 is 16.4 Å². The lowest BCUT2D eigenvalue weighted by Crippen LogP contribution is -2.36. The number of thioether (sulfide) groups is 1. The van der Waals surface area contributed by atoms with Crippen LogP contribution in [0.2, 0.25) is 0 Å². The summed E-state index contributed by atoms with van der Waals surface area (Å²) in [4.78, 5) is 24.5. The van der Waals surface area contributed by atoms with Gasteiger partial charge in [-0.1, -0.05) is 12.1 Å². The molecule has 1 aromatic rings. The average molecular weight is 307 g/mol. The molecule has 1 saturated heterocycles. The molecule has 5 nitrogen and oxygen atoms in total. The minimum absolute atomic E-state index is 0.0379. The van der Waals surface area contributed by atoms with E-state index in [1.807, 2.05) is 6.92 Å². The molecule has 1 aliphatic heterocycles. The third-order valence-corrected chi connectivity index (χ3v) is 5.07. The zero-order valence-electron chi connectivity index (χ0n) is 12.1. The van der Waals surface area contributed by atoms with Gasteiger partial charge in [-0.25, -0.2) is 0 Å². The Balaban J connectivity index is 2.13. The second kappa shape index (κ2) is 6.95. The summed E-state index contributed by atoms with van der Waals surface area (Å²) in [6, 6.07) is 7.03. The summed E-state index contributed by atoms with van der Waals surface area (Å²) in [6.07, 6.45) is 1.91. The second-order valence-corrected chi connectivity index (χ2v) is 6.83. The second-order valence-electron chi connectivity index (χ2n) is 5.23. The van der Waals surface area contributed by atoms with Crippen molar-refractivity contribution in [1.29, 1.82) is 0 Å². The third-order valence-electron chi connectivity index (χ3n) is 3.55. The maximum atomic E-state index is 12.4. The quantitative estimate of drug-likeness (QED) is 0.771. The van der Waals surface area contributed by atoms with E-state index in [-0.39, 0.29) is 11.8 Å². The molecule has 2 rings (SSSR count). The van der Waals surface area contributed by atoms with Crippen molar-refractivity contribution in [2.75, 3.05) is 24.2 Å². The van der Waals surface area contributed by atoms with Gasteiger partial charge in [-0.05, 0) is 37.7 Å². The molecule has 114 valence electrons. The smallest absolute Gasteiger partial charge is 0.253 e. The number of carbonyl (C=O) groups is 2. The van der Waals surface area contributed by atoms with Gasteiger partial charge in [-0.15, -0.1) is 11.8 Å². The molecule has 1 aliphatic rings. The molecule has 1 unspecified atom stereocenters. The maximum absolute atomic E-state index is 12.4. The molecule has 0 saturated carbocycles. The van der Waals surface area contributed by atoms with E-state index in [9.17, 15) is 9.59 Å². The van der Waals surface area contributed by atoms with Gasteiger partial charge in [0, 0.05) is 13.1 Å². The highest BCUT2D eigenvalue weighted by Crippen LogP contribution is 2.38. The van der Waals surface area contributed by atoms with Gasteiger partial charge in [0.2, 0.25) is 5.91 Å². The summed E-state index contributed by atoms with van der Waals surface area (Å²) in [7, 11) is 0. The third kappa shape index (κ3) is 3.77. The lowest BCUT2D eigenvalue weighted by Gasteiger charge is -2.22. The van der Waals surface area contributed by atoms with Crippen molar-refractivity contribution in [3.8, 4) is 0 Å². The Bertz CT molecular complexity index is 527. The van der Waals surface area contributed by atoms with Crippen molar-refractivity contribution in [3.05, 3.63) is 29.8 Å². The summed E-state index contributed by atoms with van der Waals surface area (Å²) >= 11 is 1.67. The number of anilines is 1. The number of benzene rings is 1. The molecule has 1 aromatic carbocycles. The fourth-order valence-corrected chi connectivity index (χ4v) is 3.49. The van der Waals surface area contributed by atoms with Gasteiger partial charge in [0.15, 0.2) is 0 Å². The van der Waals surface area contributed by atoms with Crippen LogP contribution >= 0.6 is 11.8 Å². The number of nitrogens with two attached hydrogens (primary N) is 1. The van der Waals surface area contributed by atoms with Crippen LogP contribution in [0.1, 0.15) is 30.1 Å². The van der Waals surface area contributed by atoms with E-state index in [1.165, 1.54) is 0 Å². The first-order valence-corrected chi connectivity index (χ1v) is 8.08. The molecular weight excluding hydrogens is 286 g/mol. The van der Waals surface area contributed by atoms with Crippen LogP contribution in [-0.4, -0.2) is 35.4 Å². The summed E-state index contributed by atoms with van der Waals surface area (Å²) in [5, 5.41) is 5.62. The number of carbonyl (C=O) groups excluding carboxylic acids is 2. The predicted octanol–water partition coefficient (Wildman–Crippen LogP) is 1.60. The van der Waals surface area contributed by atoms with E-state index >= 15 is 0 Å². The fourth-order valence-electron chi connectivity index (χ4n) is 2.28. The van der Waals surface area contributed by atoms with Crippen LogP contribution in [0.3, 0.4) is 0 Å². The van der Waals surface area contributed by atoms with E-state index < -0.39 is 4.75 Å². The first-order chi connectivity index (χ1) is 10.1. The highest BCUT2D eigenvalue weighted by molar-refractivity contribution is 8.01. The molecular formula is C15H21N3O2S. The van der Waals surface area contributed by atoms with Crippen LogP contribution < -0.4 is 16.4 Å². The highest BCUT2D eigenvalue weighted by atomic mass is 32.2. The van der Waals surface area contributed by atoms with Crippen LogP contribution in [0.15, 0.2) is 24.3 Å². The number of amides is 2. The SMILES string of the molecule is CC1(C(=O)Nc2ccccc2C(=O)NCCN)CCCS1. The Morgan fingerprint density at radius 2 is 2.14 bits per heavy atom. The molecule has 21 heavy (non-hydrogen) atoms. The summed E-state index contributed by atoms with van der Waals surface area (Å²) in [5.74, 6) is 0.743. The van der Waals surface area contributed by atoms with Crippen molar-refractivity contribution in [2.24, 2.45) is 5.73 Å². The normalized spacial score (nSPS) is 21.0. The average Bonchev–Trinajstić information content (AvgIpc) is 2.93. The van der Waals surface area contributed by atoms with Gasteiger partial charge in [-0.3, -0.25) is 9.59 Å². The standard InChI is InChI=1S/C15H21N3O2S/c1-15(7-4-10-21-15)14(20)18-12-6-3-2-5-11(12)13(19)17-9-8-16/h2-3,5-6H,4,7-10,16H2,1H3,(H,17,19)(H,18,20).